The second-order valence-electron chi connectivity index (χ2n) is 11.4. The highest BCUT2D eigenvalue weighted by Crippen LogP contribution is 2.28. The summed E-state index contributed by atoms with van der Waals surface area (Å²) in [6.07, 6.45) is 3.63. The fourth-order valence-electron chi connectivity index (χ4n) is 4.86. The molecule has 0 aliphatic carbocycles. The van der Waals surface area contributed by atoms with Crippen LogP contribution in [0.2, 0.25) is 0 Å². The predicted octanol–water partition coefficient (Wildman–Crippen LogP) is 5.35. The molecule has 3 aromatic carbocycles. The van der Waals surface area contributed by atoms with E-state index < -0.39 is 6.09 Å². The summed E-state index contributed by atoms with van der Waals surface area (Å²) in [4.78, 5) is 24.8. The van der Waals surface area contributed by atoms with Crippen molar-refractivity contribution >= 4 is 12.0 Å². The Bertz CT molecular complexity index is 1300. The number of benzene rings is 3. The van der Waals surface area contributed by atoms with Gasteiger partial charge in [0.2, 0.25) is 0 Å². The molecule has 0 aliphatic heterocycles. The van der Waals surface area contributed by atoms with Crippen molar-refractivity contribution in [3.63, 3.8) is 0 Å². The highest BCUT2D eigenvalue weighted by atomic mass is 16.6. The first kappa shape index (κ1) is 35.2. The van der Waals surface area contributed by atoms with Crippen molar-refractivity contribution in [1.82, 2.24) is 16.0 Å². The Labute approximate surface area is 268 Å². The minimum absolute atomic E-state index is 0.113. The van der Waals surface area contributed by atoms with E-state index in [4.69, 9.17) is 18.9 Å². The topological polar surface area (TPSA) is 107 Å². The first-order chi connectivity index (χ1) is 21.9. The Morgan fingerprint density at radius 1 is 0.800 bits per heavy atom. The van der Waals surface area contributed by atoms with Gasteiger partial charge in [0.15, 0.2) is 18.1 Å². The summed E-state index contributed by atoms with van der Waals surface area (Å²) < 4.78 is 21.8. The molecule has 1 unspecified atom stereocenters. The molecule has 0 aliphatic rings. The van der Waals surface area contributed by atoms with Gasteiger partial charge >= 0.3 is 6.09 Å². The van der Waals surface area contributed by atoms with Crippen LogP contribution in [-0.2, 0) is 28.8 Å². The minimum atomic E-state index is -0.603. The molecule has 3 N–H and O–H groups in total. The Morgan fingerprint density at radius 2 is 1.53 bits per heavy atom. The van der Waals surface area contributed by atoms with E-state index in [9.17, 15) is 9.59 Å². The average molecular weight is 620 g/mol. The first-order valence-electron chi connectivity index (χ1n) is 15.7. The lowest BCUT2D eigenvalue weighted by Gasteiger charge is -2.19. The largest absolute Gasteiger partial charge is 0.493 e. The van der Waals surface area contributed by atoms with E-state index in [1.54, 1.807) is 14.2 Å². The van der Waals surface area contributed by atoms with Crippen molar-refractivity contribution in [1.29, 1.82) is 0 Å². The molecule has 3 rings (SSSR count). The van der Waals surface area contributed by atoms with Crippen LogP contribution in [0.1, 0.15) is 43.4 Å². The zero-order chi connectivity index (χ0) is 32.3. The van der Waals surface area contributed by atoms with Gasteiger partial charge in [-0.25, -0.2) is 4.79 Å². The molecular formula is C36H49N3O6. The maximum absolute atomic E-state index is 12.5. The molecule has 0 fully saturated rings. The van der Waals surface area contributed by atoms with Crippen molar-refractivity contribution in [2.45, 2.75) is 52.0 Å². The van der Waals surface area contributed by atoms with E-state index in [0.717, 1.165) is 61.6 Å². The van der Waals surface area contributed by atoms with E-state index in [-0.39, 0.29) is 18.6 Å². The van der Waals surface area contributed by atoms with Crippen LogP contribution in [0.15, 0.2) is 72.8 Å². The van der Waals surface area contributed by atoms with Crippen molar-refractivity contribution < 1.29 is 28.5 Å². The van der Waals surface area contributed by atoms with Gasteiger partial charge in [-0.2, -0.15) is 0 Å². The number of methoxy groups -OCH3 is 2. The van der Waals surface area contributed by atoms with Crippen LogP contribution in [0.3, 0.4) is 0 Å². The smallest absolute Gasteiger partial charge is 0.407 e. The normalized spacial score (nSPS) is 11.5. The molecule has 244 valence electrons. The number of aryl methyl sites for hydroxylation is 2. The first-order valence-corrected chi connectivity index (χ1v) is 15.7. The SMILES string of the molecule is COc1ccc(CCCc2cccc(OCCNC(=O)COC(=O)NC(CCNCC(C)C)Cc3ccccc3)c2)cc1OC. The third-order valence-electron chi connectivity index (χ3n) is 7.17. The van der Waals surface area contributed by atoms with Gasteiger partial charge < -0.3 is 34.9 Å². The summed E-state index contributed by atoms with van der Waals surface area (Å²) >= 11 is 0. The fraction of sp³-hybridized carbons (Fsp3) is 0.444. The summed E-state index contributed by atoms with van der Waals surface area (Å²) in [5.74, 6) is 2.38. The molecule has 45 heavy (non-hydrogen) atoms. The number of carbonyl (C=O) groups excluding carboxylic acids is 2. The number of rotatable bonds is 20. The highest BCUT2D eigenvalue weighted by molar-refractivity contribution is 5.80. The van der Waals surface area contributed by atoms with Crippen LogP contribution in [0.25, 0.3) is 0 Å². The summed E-state index contributed by atoms with van der Waals surface area (Å²) in [6, 6.07) is 23.9. The molecule has 1 atom stereocenters. The molecule has 0 radical (unpaired) electrons. The van der Waals surface area contributed by atoms with Crippen molar-refractivity contribution in [2.24, 2.45) is 5.92 Å². The Hall–Kier alpha value is -4.24. The Balaban J connectivity index is 1.33. The second kappa shape index (κ2) is 19.9. The van der Waals surface area contributed by atoms with Crippen LogP contribution in [0.4, 0.5) is 4.79 Å². The van der Waals surface area contributed by atoms with Crippen LogP contribution >= 0.6 is 0 Å². The van der Waals surface area contributed by atoms with Gasteiger partial charge in [0.25, 0.3) is 5.91 Å². The lowest BCUT2D eigenvalue weighted by atomic mass is 10.0. The van der Waals surface area contributed by atoms with E-state index in [2.05, 4.69) is 41.9 Å². The van der Waals surface area contributed by atoms with Gasteiger partial charge in [0, 0.05) is 6.04 Å². The van der Waals surface area contributed by atoms with Crippen molar-refractivity contribution in [3.8, 4) is 17.2 Å². The number of nitrogens with one attached hydrogen (secondary N) is 3. The molecule has 9 heteroatoms. The van der Waals surface area contributed by atoms with Gasteiger partial charge in [0.05, 0.1) is 20.8 Å². The summed E-state index contributed by atoms with van der Waals surface area (Å²) in [7, 11) is 3.28. The third kappa shape index (κ3) is 13.9. The lowest BCUT2D eigenvalue weighted by Crippen LogP contribution is -2.41. The van der Waals surface area contributed by atoms with E-state index >= 15 is 0 Å². The van der Waals surface area contributed by atoms with E-state index in [1.807, 2.05) is 60.7 Å². The molecule has 0 aromatic heterocycles. The molecule has 0 spiro atoms. The Kier molecular flexibility index (Phi) is 15.6. The number of ether oxygens (including phenoxy) is 4. The van der Waals surface area contributed by atoms with Crippen LogP contribution < -0.4 is 30.2 Å². The predicted molar refractivity (Wildman–Crippen MR) is 177 cm³/mol. The maximum Gasteiger partial charge on any atom is 0.407 e. The summed E-state index contributed by atoms with van der Waals surface area (Å²) in [5.41, 5.74) is 3.50. The minimum Gasteiger partial charge on any atom is -0.493 e. The number of hydrogen-bond donors (Lipinski definition) is 3. The van der Waals surface area contributed by atoms with Gasteiger partial charge in [-0.15, -0.1) is 0 Å². The van der Waals surface area contributed by atoms with Crippen LogP contribution in [-0.4, -0.2) is 65.1 Å². The Morgan fingerprint density at radius 3 is 2.27 bits per heavy atom. The molecule has 3 aromatic rings. The van der Waals surface area contributed by atoms with E-state index in [1.165, 1.54) is 11.1 Å². The molecular weight excluding hydrogens is 570 g/mol. The summed E-state index contributed by atoms with van der Waals surface area (Å²) in [5, 5.41) is 9.07. The molecule has 2 amide bonds. The second-order valence-corrected chi connectivity index (χ2v) is 11.4. The maximum atomic E-state index is 12.5. The quantitative estimate of drug-likeness (QED) is 0.147. The van der Waals surface area contributed by atoms with Crippen molar-refractivity contribution in [3.05, 3.63) is 89.5 Å². The standard InChI is InChI=1S/C36H49N3O6/c1-27(2)25-37-19-18-31(22-28-10-6-5-7-11-28)39-36(41)45-26-35(40)38-20-21-44-32-15-9-14-29(23-32)12-8-13-30-16-17-33(42-3)34(24-30)43-4/h5-7,9-11,14-17,23-24,27,31,37H,8,12-13,18-22,25-26H2,1-4H3,(H,38,40)(H,39,41). The summed E-state index contributed by atoms with van der Waals surface area (Å²) in [6.45, 7) is 6.25. The molecule has 0 heterocycles. The number of alkyl carbamates (subject to hydrolysis) is 1. The lowest BCUT2D eigenvalue weighted by molar-refractivity contribution is -0.124. The van der Waals surface area contributed by atoms with Crippen LogP contribution in [0.5, 0.6) is 17.2 Å². The van der Waals surface area contributed by atoms with E-state index in [0.29, 0.717) is 25.5 Å². The van der Waals surface area contributed by atoms with Crippen molar-refractivity contribution in [2.75, 3.05) is 47.1 Å². The molecule has 0 saturated heterocycles. The fourth-order valence-corrected chi connectivity index (χ4v) is 4.86. The zero-order valence-corrected chi connectivity index (χ0v) is 27.1. The van der Waals surface area contributed by atoms with Gasteiger partial charge in [-0.05, 0) is 92.1 Å². The average Bonchev–Trinajstić information content (AvgIpc) is 3.04. The molecule has 0 bridgehead atoms. The van der Waals surface area contributed by atoms with Crippen LogP contribution in [0, 0.1) is 5.92 Å². The molecule has 9 nitrogen and oxygen atoms in total. The zero-order valence-electron chi connectivity index (χ0n) is 27.1. The third-order valence-corrected chi connectivity index (χ3v) is 7.17. The number of carbonyl (C=O) groups is 2. The van der Waals surface area contributed by atoms with Gasteiger partial charge in [0.1, 0.15) is 12.4 Å². The number of amides is 2. The highest BCUT2D eigenvalue weighted by Gasteiger charge is 2.15. The molecule has 0 saturated carbocycles. The van der Waals surface area contributed by atoms with Gasteiger partial charge in [-0.1, -0.05) is 62.4 Å². The monoisotopic (exact) mass is 619 g/mol. The van der Waals surface area contributed by atoms with Gasteiger partial charge in [-0.3, -0.25) is 4.79 Å². The number of hydrogen-bond acceptors (Lipinski definition) is 7.